The van der Waals surface area contributed by atoms with Crippen molar-refractivity contribution in [1.82, 2.24) is 4.90 Å². The molecule has 0 radical (unpaired) electrons. The van der Waals surface area contributed by atoms with Crippen molar-refractivity contribution in [3.05, 3.63) is 59.7 Å². The molecule has 0 heterocycles. The first-order valence-corrected chi connectivity index (χ1v) is 8.34. The number of hydrogen-bond donors (Lipinski definition) is 1. The van der Waals surface area contributed by atoms with E-state index in [0.29, 0.717) is 23.6 Å². The van der Waals surface area contributed by atoms with Crippen LogP contribution >= 0.6 is 0 Å². The molecule has 0 spiro atoms. The Morgan fingerprint density at radius 3 is 2.44 bits per heavy atom. The molecule has 2 aromatic rings. The third-order valence-corrected chi connectivity index (χ3v) is 3.65. The van der Waals surface area contributed by atoms with Gasteiger partial charge in [-0.3, -0.25) is 4.79 Å². The van der Waals surface area contributed by atoms with Gasteiger partial charge in [-0.05, 0) is 37.6 Å². The van der Waals surface area contributed by atoms with Crippen LogP contribution < -0.4 is 9.47 Å². The van der Waals surface area contributed by atoms with Gasteiger partial charge in [-0.25, -0.2) is 0 Å². The van der Waals surface area contributed by atoms with Gasteiger partial charge >= 0.3 is 0 Å². The summed E-state index contributed by atoms with van der Waals surface area (Å²) in [6.45, 7) is 4.47. The maximum atomic E-state index is 12.9. The fourth-order valence-electron chi connectivity index (χ4n) is 2.51. The first kappa shape index (κ1) is 18.8. The van der Waals surface area contributed by atoms with E-state index in [-0.39, 0.29) is 25.2 Å². The Hall–Kier alpha value is -2.53. The van der Waals surface area contributed by atoms with E-state index in [0.717, 1.165) is 5.56 Å². The van der Waals surface area contributed by atoms with Crippen molar-refractivity contribution in [2.75, 3.05) is 20.3 Å². The molecule has 2 aromatic carbocycles. The number of rotatable bonds is 8. The quantitative estimate of drug-likeness (QED) is 0.800. The smallest absolute Gasteiger partial charge is 0.254 e. The van der Waals surface area contributed by atoms with Gasteiger partial charge in [0.25, 0.3) is 5.91 Å². The first-order chi connectivity index (χ1) is 12.0. The summed E-state index contributed by atoms with van der Waals surface area (Å²) in [5, 5.41) is 9.32. The monoisotopic (exact) mass is 343 g/mol. The number of carbonyl (C=O) groups is 1. The molecule has 134 valence electrons. The number of hydrogen-bond acceptors (Lipinski definition) is 4. The molecule has 5 nitrogen and oxygen atoms in total. The van der Waals surface area contributed by atoms with Gasteiger partial charge in [0, 0.05) is 18.7 Å². The molecule has 25 heavy (non-hydrogen) atoms. The molecule has 1 N–H and O–H groups in total. The molecule has 0 bridgehead atoms. The van der Waals surface area contributed by atoms with Gasteiger partial charge in [0.05, 0.1) is 19.8 Å². The van der Waals surface area contributed by atoms with Gasteiger partial charge in [-0.1, -0.05) is 30.3 Å². The third kappa shape index (κ3) is 5.22. The summed E-state index contributed by atoms with van der Waals surface area (Å²) in [6.07, 6.45) is 0.0134. The van der Waals surface area contributed by atoms with Crippen molar-refractivity contribution < 1.29 is 19.4 Å². The molecule has 0 fully saturated rings. The number of carbonyl (C=O) groups excluding carboxylic acids is 1. The van der Waals surface area contributed by atoms with Crippen molar-refractivity contribution in [2.24, 2.45) is 0 Å². The number of methoxy groups -OCH3 is 1. The number of aliphatic hydroxyl groups is 1. The van der Waals surface area contributed by atoms with Crippen LogP contribution in [-0.4, -0.2) is 42.3 Å². The first-order valence-electron chi connectivity index (χ1n) is 8.34. The molecular weight excluding hydrogens is 318 g/mol. The van der Waals surface area contributed by atoms with Gasteiger partial charge in [0.15, 0.2) is 11.5 Å². The zero-order valence-electron chi connectivity index (χ0n) is 14.9. The molecule has 0 saturated carbocycles. The van der Waals surface area contributed by atoms with E-state index in [9.17, 15) is 9.90 Å². The highest BCUT2D eigenvalue weighted by Crippen LogP contribution is 2.29. The van der Waals surface area contributed by atoms with E-state index in [1.165, 1.54) is 0 Å². The van der Waals surface area contributed by atoms with Gasteiger partial charge in [-0.15, -0.1) is 0 Å². The lowest BCUT2D eigenvalue weighted by molar-refractivity contribution is 0.0707. The number of benzene rings is 2. The molecule has 0 aliphatic carbocycles. The Morgan fingerprint density at radius 1 is 1.12 bits per heavy atom. The summed E-state index contributed by atoms with van der Waals surface area (Å²) < 4.78 is 11.0. The normalized spacial score (nSPS) is 10.6. The van der Waals surface area contributed by atoms with Crippen LogP contribution in [0, 0.1) is 0 Å². The Balaban J connectivity index is 2.23. The molecule has 0 aliphatic heterocycles. The van der Waals surface area contributed by atoms with Crippen molar-refractivity contribution in [3.8, 4) is 11.5 Å². The SMILES string of the molecule is COc1cc(C(=O)N(CCO)Cc2ccccc2)ccc1OC(C)C. The zero-order valence-corrected chi connectivity index (χ0v) is 14.9. The van der Waals surface area contributed by atoms with Gasteiger partial charge in [0.2, 0.25) is 0 Å². The average molecular weight is 343 g/mol. The molecule has 1 amide bonds. The average Bonchev–Trinajstić information content (AvgIpc) is 2.61. The van der Waals surface area contributed by atoms with E-state index in [1.54, 1.807) is 30.2 Å². The summed E-state index contributed by atoms with van der Waals surface area (Å²) in [5.74, 6) is 0.960. The fourth-order valence-corrected chi connectivity index (χ4v) is 2.51. The number of amides is 1. The van der Waals surface area contributed by atoms with E-state index < -0.39 is 0 Å². The minimum atomic E-state index is -0.160. The molecular formula is C20H25NO4. The summed E-state index contributed by atoms with van der Waals surface area (Å²) in [4.78, 5) is 14.5. The molecule has 0 atom stereocenters. The Bertz CT molecular complexity index is 685. The second-order valence-electron chi connectivity index (χ2n) is 5.97. The van der Waals surface area contributed by atoms with Crippen molar-refractivity contribution >= 4 is 5.91 Å². The standard InChI is InChI=1S/C20H25NO4/c1-15(2)25-18-10-9-17(13-19(18)24-3)20(23)21(11-12-22)14-16-7-5-4-6-8-16/h4-10,13,15,22H,11-12,14H2,1-3H3. The lowest BCUT2D eigenvalue weighted by Crippen LogP contribution is -2.33. The fraction of sp³-hybridized carbons (Fsp3) is 0.350. The largest absolute Gasteiger partial charge is 0.493 e. The van der Waals surface area contributed by atoms with Gasteiger partial charge in [0.1, 0.15) is 0 Å². The van der Waals surface area contributed by atoms with Crippen molar-refractivity contribution in [2.45, 2.75) is 26.5 Å². The third-order valence-electron chi connectivity index (χ3n) is 3.65. The molecule has 0 aromatic heterocycles. The molecule has 5 heteroatoms. The van der Waals surface area contributed by atoms with E-state index in [2.05, 4.69) is 0 Å². The van der Waals surface area contributed by atoms with Crippen LogP contribution in [0.3, 0.4) is 0 Å². The van der Waals surface area contributed by atoms with Crippen LogP contribution in [0.15, 0.2) is 48.5 Å². The lowest BCUT2D eigenvalue weighted by Gasteiger charge is -2.23. The highest BCUT2D eigenvalue weighted by molar-refractivity contribution is 5.95. The molecule has 0 unspecified atom stereocenters. The summed E-state index contributed by atoms with van der Waals surface area (Å²) >= 11 is 0. The van der Waals surface area contributed by atoms with Crippen LogP contribution in [0.1, 0.15) is 29.8 Å². The minimum Gasteiger partial charge on any atom is -0.493 e. The maximum absolute atomic E-state index is 12.9. The van der Waals surface area contributed by atoms with E-state index in [1.807, 2.05) is 44.2 Å². The van der Waals surface area contributed by atoms with Gasteiger partial charge < -0.3 is 19.5 Å². The second-order valence-corrected chi connectivity index (χ2v) is 5.97. The minimum absolute atomic E-state index is 0.0134. The van der Waals surface area contributed by atoms with Gasteiger partial charge in [-0.2, -0.15) is 0 Å². The molecule has 2 rings (SSSR count). The van der Waals surface area contributed by atoms with E-state index in [4.69, 9.17) is 9.47 Å². The van der Waals surface area contributed by atoms with Crippen molar-refractivity contribution in [1.29, 1.82) is 0 Å². The highest BCUT2D eigenvalue weighted by atomic mass is 16.5. The number of aliphatic hydroxyl groups excluding tert-OH is 1. The van der Waals surface area contributed by atoms with Crippen LogP contribution in [0.2, 0.25) is 0 Å². The van der Waals surface area contributed by atoms with E-state index >= 15 is 0 Å². The summed E-state index contributed by atoms with van der Waals surface area (Å²) in [5.41, 5.74) is 1.51. The van der Waals surface area contributed by atoms with Crippen LogP contribution in [0.4, 0.5) is 0 Å². The maximum Gasteiger partial charge on any atom is 0.254 e. The van der Waals surface area contributed by atoms with Crippen LogP contribution in [-0.2, 0) is 6.54 Å². The summed E-state index contributed by atoms with van der Waals surface area (Å²) in [7, 11) is 1.55. The molecule has 0 saturated heterocycles. The Labute approximate surface area is 148 Å². The Kier molecular flexibility index (Phi) is 6.83. The lowest BCUT2D eigenvalue weighted by atomic mass is 10.1. The number of nitrogens with zero attached hydrogens (tertiary/aromatic N) is 1. The Morgan fingerprint density at radius 2 is 1.84 bits per heavy atom. The van der Waals surface area contributed by atoms with Crippen LogP contribution in [0.5, 0.6) is 11.5 Å². The summed E-state index contributed by atoms with van der Waals surface area (Å²) in [6, 6.07) is 14.8. The second kappa shape index (κ2) is 9.08. The molecule has 0 aliphatic rings. The predicted molar refractivity (Wildman–Crippen MR) is 97.0 cm³/mol. The van der Waals surface area contributed by atoms with Crippen LogP contribution in [0.25, 0.3) is 0 Å². The van der Waals surface area contributed by atoms with Crippen molar-refractivity contribution in [3.63, 3.8) is 0 Å². The zero-order chi connectivity index (χ0) is 18.2. The highest BCUT2D eigenvalue weighted by Gasteiger charge is 2.18. The number of ether oxygens (including phenoxy) is 2. The topological polar surface area (TPSA) is 59.0 Å². The predicted octanol–water partition coefficient (Wildman–Crippen LogP) is 3.12.